The number of fused-ring (bicyclic) bond motifs is 1. The second-order valence-corrected chi connectivity index (χ2v) is 4.12. The lowest BCUT2D eigenvalue weighted by Gasteiger charge is -2.27. The monoisotopic (exact) mass is 227 g/mol. The number of aromatic amines is 1. The molecular formula is C12H13N5. The summed E-state index contributed by atoms with van der Waals surface area (Å²) in [6, 6.07) is 7.91. The summed E-state index contributed by atoms with van der Waals surface area (Å²) < 4.78 is 0. The van der Waals surface area contributed by atoms with E-state index in [1.165, 1.54) is 0 Å². The van der Waals surface area contributed by atoms with Crippen molar-refractivity contribution in [1.29, 1.82) is 5.26 Å². The van der Waals surface area contributed by atoms with Crippen molar-refractivity contribution in [1.82, 2.24) is 15.5 Å². The molecule has 1 saturated heterocycles. The maximum atomic E-state index is 9.03. The number of anilines is 1. The molecule has 0 bridgehead atoms. The summed E-state index contributed by atoms with van der Waals surface area (Å²) in [5.74, 6) is 0.957. The van der Waals surface area contributed by atoms with Gasteiger partial charge in [0.25, 0.3) is 0 Å². The molecule has 0 aliphatic carbocycles. The molecule has 0 radical (unpaired) electrons. The van der Waals surface area contributed by atoms with E-state index in [1.807, 2.05) is 18.2 Å². The fraction of sp³-hybridized carbons (Fsp3) is 0.333. The van der Waals surface area contributed by atoms with Gasteiger partial charge in [0.2, 0.25) is 0 Å². The van der Waals surface area contributed by atoms with Crippen molar-refractivity contribution in [3.63, 3.8) is 0 Å². The van der Waals surface area contributed by atoms with Gasteiger partial charge in [-0.05, 0) is 12.1 Å². The highest BCUT2D eigenvalue weighted by Crippen LogP contribution is 2.26. The van der Waals surface area contributed by atoms with E-state index >= 15 is 0 Å². The second kappa shape index (κ2) is 4.07. The van der Waals surface area contributed by atoms with Gasteiger partial charge < -0.3 is 10.2 Å². The van der Waals surface area contributed by atoms with E-state index in [9.17, 15) is 0 Å². The number of benzene rings is 1. The standard InChI is InChI=1S/C12H13N5/c13-8-9-2-1-3-10-11(9)15-16-12(10)17-6-4-14-5-7-17/h1-3,14H,4-7H2,(H,15,16). The van der Waals surface area contributed by atoms with Gasteiger partial charge in [-0.15, -0.1) is 0 Å². The Bertz CT molecular complexity index is 574. The molecule has 0 amide bonds. The fourth-order valence-electron chi connectivity index (χ4n) is 2.24. The Morgan fingerprint density at radius 2 is 2.12 bits per heavy atom. The number of para-hydroxylation sites is 1. The number of hydrogen-bond acceptors (Lipinski definition) is 4. The summed E-state index contributed by atoms with van der Waals surface area (Å²) in [6.45, 7) is 3.87. The average Bonchev–Trinajstić information content (AvgIpc) is 2.83. The third-order valence-corrected chi connectivity index (χ3v) is 3.12. The van der Waals surface area contributed by atoms with Crippen LogP contribution in [0.5, 0.6) is 0 Å². The molecular weight excluding hydrogens is 214 g/mol. The topological polar surface area (TPSA) is 67.7 Å². The van der Waals surface area contributed by atoms with Crippen LogP contribution in [0.25, 0.3) is 10.9 Å². The molecule has 3 rings (SSSR count). The van der Waals surface area contributed by atoms with Crippen molar-refractivity contribution in [2.24, 2.45) is 0 Å². The number of H-pyrrole nitrogens is 1. The van der Waals surface area contributed by atoms with E-state index in [1.54, 1.807) is 0 Å². The molecule has 86 valence electrons. The Hall–Kier alpha value is -2.06. The second-order valence-electron chi connectivity index (χ2n) is 4.12. The molecule has 5 heteroatoms. The van der Waals surface area contributed by atoms with E-state index in [4.69, 9.17) is 5.26 Å². The van der Waals surface area contributed by atoms with Gasteiger partial charge >= 0.3 is 0 Å². The maximum absolute atomic E-state index is 9.03. The first kappa shape index (κ1) is 10.1. The molecule has 0 saturated carbocycles. The molecule has 1 aromatic heterocycles. The van der Waals surface area contributed by atoms with Gasteiger partial charge in [0, 0.05) is 31.6 Å². The summed E-state index contributed by atoms with van der Waals surface area (Å²) in [7, 11) is 0. The van der Waals surface area contributed by atoms with Crippen LogP contribution in [0.2, 0.25) is 0 Å². The first-order valence-electron chi connectivity index (χ1n) is 5.73. The van der Waals surface area contributed by atoms with Gasteiger partial charge in [-0.25, -0.2) is 0 Å². The molecule has 2 N–H and O–H groups in total. The Balaban J connectivity index is 2.09. The van der Waals surface area contributed by atoms with Crippen LogP contribution in [-0.2, 0) is 0 Å². The lowest BCUT2D eigenvalue weighted by Crippen LogP contribution is -2.43. The highest BCUT2D eigenvalue weighted by atomic mass is 15.3. The van der Waals surface area contributed by atoms with Crippen molar-refractivity contribution >= 4 is 16.7 Å². The highest BCUT2D eigenvalue weighted by molar-refractivity contribution is 5.93. The number of rotatable bonds is 1. The van der Waals surface area contributed by atoms with Gasteiger partial charge in [0.1, 0.15) is 6.07 Å². The van der Waals surface area contributed by atoms with Gasteiger partial charge in [0.05, 0.1) is 11.1 Å². The van der Waals surface area contributed by atoms with Crippen molar-refractivity contribution in [2.75, 3.05) is 31.1 Å². The number of piperazine rings is 1. The average molecular weight is 227 g/mol. The van der Waals surface area contributed by atoms with Crippen molar-refractivity contribution < 1.29 is 0 Å². The third kappa shape index (κ3) is 1.63. The molecule has 1 aromatic carbocycles. The summed E-state index contributed by atoms with van der Waals surface area (Å²) >= 11 is 0. The molecule has 2 aromatic rings. The molecule has 2 heterocycles. The van der Waals surface area contributed by atoms with E-state index in [0.29, 0.717) is 5.56 Å². The molecule has 1 aliphatic heterocycles. The summed E-state index contributed by atoms with van der Waals surface area (Å²) in [6.07, 6.45) is 0. The maximum Gasteiger partial charge on any atom is 0.158 e. The summed E-state index contributed by atoms with van der Waals surface area (Å²) in [5, 5.41) is 20.7. The number of nitriles is 1. The minimum absolute atomic E-state index is 0.649. The zero-order valence-corrected chi connectivity index (χ0v) is 9.40. The summed E-state index contributed by atoms with van der Waals surface area (Å²) in [4.78, 5) is 2.25. The first-order valence-corrected chi connectivity index (χ1v) is 5.73. The van der Waals surface area contributed by atoms with Crippen LogP contribution < -0.4 is 10.2 Å². The number of nitrogens with one attached hydrogen (secondary N) is 2. The first-order chi connectivity index (χ1) is 8.40. The lowest BCUT2D eigenvalue weighted by molar-refractivity contribution is 0.585. The van der Waals surface area contributed by atoms with Crippen LogP contribution in [0.15, 0.2) is 18.2 Å². The van der Waals surface area contributed by atoms with Crippen molar-refractivity contribution in [3.8, 4) is 6.07 Å². The molecule has 1 aliphatic rings. The predicted octanol–water partition coefficient (Wildman–Crippen LogP) is 0.844. The minimum atomic E-state index is 0.649. The van der Waals surface area contributed by atoms with Crippen LogP contribution in [0.3, 0.4) is 0 Å². The zero-order valence-electron chi connectivity index (χ0n) is 9.40. The predicted molar refractivity (Wildman–Crippen MR) is 65.9 cm³/mol. The van der Waals surface area contributed by atoms with E-state index in [-0.39, 0.29) is 0 Å². The Morgan fingerprint density at radius 3 is 2.88 bits per heavy atom. The molecule has 1 fully saturated rings. The number of aromatic nitrogens is 2. The van der Waals surface area contributed by atoms with Gasteiger partial charge in [-0.3, -0.25) is 5.10 Å². The van der Waals surface area contributed by atoms with Gasteiger partial charge in [-0.1, -0.05) is 6.07 Å². The SMILES string of the molecule is N#Cc1cccc2c(N3CCNCC3)n[nH]c12. The minimum Gasteiger partial charge on any atom is -0.352 e. The quantitative estimate of drug-likeness (QED) is 0.757. The van der Waals surface area contributed by atoms with Crippen molar-refractivity contribution in [3.05, 3.63) is 23.8 Å². The highest BCUT2D eigenvalue weighted by Gasteiger charge is 2.16. The molecule has 17 heavy (non-hydrogen) atoms. The molecule has 0 atom stereocenters. The largest absolute Gasteiger partial charge is 0.352 e. The van der Waals surface area contributed by atoms with E-state index < -0.39 is 0 Å². The Labute approximate surface area is 99.0 Å². The Morgan fingerprint density at radius 1 is 1.29 bits per heavy atom. The smallest absolute Gasteiger partial charge is 0.158 e. The normalized spacial score (nSPS) is 16.1. The molecule has 5 nitrogen and oxygen atoms in total. The van der Waals surface area contributed by atoms with E-state index in [2.05, 4.69) is 26.5 Å². The third-order valence-electron chi connectivity index (χ3n) is 3.12. The molecule has 0 unspecified atom stereocenters. The Kier molecular flexibility index (Phi) is 2.42. The van der Waals surface area contributed by atoms with E-state index in [0.717, 1.165) is 42.9 Å². The zero-order chi connectivity index (χ0) is 11.7. The van der Waals surface area contributed by atoms with Crippen LogP contribution >= 0.6 is 0 Å². The van der Waals surface area contributed by atoms with Crippen molar-refractivity contribution in [2.45, 2.75) is 0 Å². The van der Waals surface area contributed by atoms with Gasteiger partial charge in [-0.2, -0.15) is 10.4 Å². The van der Waals surface area contributed by atoms with Crippen LogP contribution in [-0.4, -0.2) is 36.4 Å². The van der Waals surface area contributed by atoms with Crippen LogP contribution in [0.1, 0.15) is 5.56 Å². The van der Waals surface area contributed by atoms with Crippen LogP contribution in [0.4, 0.5) is 5.82 Å². The molecule has 0 spiro atoms. The van der Waals surface area contributed by atoms with Crippen LogP contribution in [0, 0.1) is 11.3 Å². The summed E-state index contributed by atoms with van der Waals surface area (Å²) in [5.41, 5.74) is 1.49. The lowest BCUT2D eigenvalue weighted by atomic mass is 10.1. The fourth-order valence-corrected chi connectivity index (χ4v) is 2.24. The van der Waals surface area contributed by atoms with Gasteiger partial charge in [0.15, 0.2) is 5.82 Å². The number of nitrogens with zero attached hydrogens (tertiary/aromatic N) is 3. The number of hydrogen-bond donors (Lipinski definition) is 2.